The number of allylic oxidation sites excluding steroid dienone is 1. The molecule has 0 aliphatic heterocycles. The first-order valence-electron chi connectivity index (χ1n) is 15.4. The van der Waals surface area contributed by atoms with E-state index >= 15 is 0 Å². The summed E-state index contributed by atoms with van der Waals surface area (Å²) in [6, 6.07) is 5.95. The number of fused-ring (bicyclic) bond motifs is 1. The minimum Gasteiger partial charge on any atom is -0.499 e. The van der Waals surface area contributed by atoms with Crippen molar-refractivity contribution in [3.8, 4) is 0 Å². The summed E-state index contributed by atoms with van der Waals surface area (Å²) >= 11 is 1.67. The number of nitrogens with one attached hydrogen (secondary N) is 2. The Kier molecular flexibility index (Phi) is 14.1. The van der Waals surface area contributed by atoms with E-state index < -0.39 is 0 Å². The second-order valence-electron chi connectivity index (χ2n) is 10.6. The van der Waals surface area contributed by atoms with Gasteiger partial charge in [-0.15, -0.1) is 11.3 Å². The Balaban J connectivity index is 1.66. The van der Waals surface area contributed by atoms with Crippen molar-refractivity contribution in [1.29, 1.82) is 0 Å². The van der Waals surface area contributed by atoms with Gasteiger partial charge in [0.15, 0.2) is 0 Å². The van der Waals surface area contributed by atoms with Crippen molar-refractivity contribution in [1.82, 2.24) is 25.4 Å². The minimum absolute atomic E-state index is 0.159. The molecule has 0 radical (unpaired) electrons. The van der Waals surface area contributed by atoms with Crippen LogP contribution in [0.2, 0.25) is 0 Å². The van der Waals surface area contributed by atoms with Crippen LogP contribution in [0.25, 0.3) is 10.2 Å². The number of unbranched alkanes of at least 4 members (excludes halogenated alkanes) is 1. The number of rotatable bonds is 18. The summed E-state index contributed by atoms with van der Waals surface area (Å²) in [5, 5.41) is 7.64. The molecule has 10 heteroatoms. The van der Waals surface area contributed by atoms with E-state index in [1.54, 1.807) is 31.0 Å². The van der Waals surface area contributed by atoms with Crippen LogP contribution >= 0.6 is 11.3 Å². The standard InChI is InChI=1S/C33H49N7O2S/c1-8-16-39(10-3)17-12-13-18-40(11-4)30-21-31(42-7)29(20-28(30)38-33(41)9-2)36-24(5)35-23-34-22-26-14-15-27-32(19-26)43-25(6)37-27/h9,14-15,19,21-24,29,36H,2,8,10-13,16-18,20H2,1,3-7H3,(H,38,41)/b34-22+,35-23-/t24-,29?/m0/s1. The molecule has 1 unspecified atom stereocenters. The van der Waals surface area contributed by atoms with Gasteiger partial charge in [0.25, 0.3) is 0 Å². The van der Waals surface area contributed by atoms with E-state index in [4.69, 9.17) is 4.74 Å². The zero-order chi connectivity index (χ0) is 31.2. The molecule has 0 fully saturated rings. The Labute approximate surface area is 261 Å². The Morgan fingerprint density at radius 2 is 2.02 bits per heavy atom. The van der Waals surface area contributed by atoms with Crippen molar-refractivity contribution in [2.45, 2.75) is 72.5 Å². The van der Waals surface area contributed by atoms with Gasteiger partial charge in [-0.3, -0.25) is 15.1 Å². The number of thiazole rings is 1. The van der Waals surface area contributed by atoms with Gasteiger partial charge in [-0.25, -0.2) is 9.98 Å². The predicted molar refractivity (Wildman–Crippen MR) is 181 cm³/mol. The number of likely N-dealkylation sites (N-methyl/N-ethyl adjacent to an activating group) is 1. The van der Waals surface area contributed by atoms with Crippen molar-refractivity contribution in [2.75, 3.05) is 39.8 Å². The second kappa shape index (κ2) is 17.7. The molecular formula is C33H49N7O2S. The number of carbonyl (C=O) groups excluding carboxylic acids is 1. The van der Waals surface area contributed by atoms with E-state index in [1.807, 2.05) is 32.1 Å². The lowest BCUT2D eigenvalue weighted by Gasteiger charge is -2.34. The van der Waals surface area contributed by atoms with Gasteiger partial charge in [0, 0.05) is 37.5 Å². The number of aliphatic imine (C=N–C) groups is 2. The molecular weight excluding hydrogens is 558 g/mol. The monoisotopic (exact) mass is 607 g/mol. The zero-order valence-corrected chi connectivity index (χ0v) is 27.5. The summed E-state index contributed by atoms with van der Waals surface area (Å²) in [7, 11) is 1.69. The lowest BCUT2D eigenvalue weighted by Crippen LogP contribution is -2.43. The number of ether oxygens (including phenoxy) is 1. The summed E-state index contributed by atoms with van der Waals surface area (Å²) in [5.41, 5.74) is 3.86. The van der Waals surface area contributed by atoms with Crippen LogP contribution in [0.3, 0.4) is 0 Å². The highest BCUT2D eigenvalue weighted by Gasteiger charge is 2.28. The Hall–Kier alpha value is -3.34. The van der Waals surface area contributed by atoms with E-state index in [2.05, 4.69) is 68.8 Å². The van der Waals surface area contributed by atoms with E-state index in [-0.39, 0.29) is 18.1 Å². The topological polar surface area (TPSA) is 94.5 Å². The van der Waals surface area contributed by atoms with E-state index in [9.17, 15) is 4.79 Å². The molecule has 1 heterocycles. The van der Waals surface area contributed by atoms with Gasteiger partial charge in [0.2, 0.25) is 5.91 Å². The lowest BCUT2D eigenvalue weighted by atomic mass is 9.99. The molecule has 1 aliphatic carbocycles. The number of methoxy groups -OCH3 is 1. The summed E-state index contributed by atoms with van der Waals surface area (Å²) < 4.78 is 6.99. The van der Waals surface area contributed by atoms with Crippen molar-refractivity contribution >= 4 is 40.0 Å². The van der Waals surface area contributed by atoms with Gasteiger partial charge < -0.3 is 19.9 Å². The molecule has 0 bridgehead atoms. The summed E-state index contributed by atoms with van der Waals surface area (Å²) in [5.74, 6) is 0.589. The van der Waals surface area contributed by atoms with Crippen LogP contribution in [-0.4, -0.2) is 85.3 Å². The summed E-state index contributed by atoms with van der Waals surface area (Å²) in [6.07, 6.45) is 10.4. The number of amides is 1. The Morgan fingerprint density at radius 1 is 1.23 bits per heavy atom. The fourth-order valence-corrected chi connectivity index (χ4v) is 6.11. The van der Waals surface area contributed by atoms with Crippen LogP contribution in [0.5, 0.6) is 0 Å². The number of hydrogen-bond donors (Lipinski definition) is 2. The van der Waals surface area contributed by atoms with Crippen LogP contribution < -0.4 is 10.6 Å². The molecule has 1 aromatic heterocycles. The van der Waals surface area contributed by atoms with Crippen LogP contribution in [-0.2, 0) is 9.53 Å². The molecule has 1 aromatic carbocycles. The number of aryl methyl sites for hydroxylation is 1. The first kappa shape index (κ1) is 34.2. The summed E-state index contributed by atoms with van der Waals surface area (Å²) in [4.78, 5) is 30.7. The minimum atomic E-state index is -0.225. The number of benzene rings is 1. The van der Waals surface area contributed by atoms with Crippen molar-refractivity contribution in [2.24, 2.45) is 9.98 Å². The molecule has 1 aliphatic rings. The van der Waals surface area contributed by atoms with E-state index in [0.717, 1.165) is 83.5 Å². The molecule has 234 valence electrons. The van der Waals surface area contributed by atoms with Gasteiger partial charge in [0.1, 0.15) is 12.1 Å². The number of aromatic nitrogens is 1. The van der Waals surface area contributed by atoms with Crippen molar-refractivity contribution in [3.63, 3.8) is 0 Å². The third-order valence-electron chi connectivity index (χ3n) is 7.44. The number of carbonyl (C=O) groups is 1. The first-order valence-corrected chi connectivity index (χ1v) is 16.2. The SMILES string of the molecule is C=CC(=O)NC1=C(N(CC)CCCCN(CC)CCC)C=C(OC)C(N[C@@H](C)/N=C\N=C\c2ccc3nc(C)sc3c2)C1. The maximum atomic E-state index is 12.4. The van der Waals surface area contributed by atoms with Gasteiger partial charge in [-0.1, -0.05) is 26.5 Å². The molecule has 2 aromatic rings. The Bertz CT molecular complexity index is 1330. The van der Waals surface area contributed by atoms with Crippen LogP contribution in [0, 0.1) is 6.92 Å². The fraction of sp³-hybridized carbons (Fsp3) is 0.515. The van der Waals surface area contributed by atoms with Crippen molar-refractivity contribution in [3.05, 3.63) is 64.7 Å². The highest BCUT2D eigenvalue weighted by Crippen LogP contribution is 2.27. The third kappa shape index (κ3) is 10.4. The second-order valence-corrected chi connectivity index (χ2v) is 11.9. The van der Waals surface area contributed by atoms with Gasteiger partial charge in [0.05, 0.1) is 40.2 Å². The third-order valence-corrected chi connectivity index (χ3v) is 8.37. The molecule has 0 saturated heterocycles. The number of hydrogen-bond acceptors (Lipinski definition) is 8. The highest BCUT2D eigenvalue weighted by molar-refractivity contribution is 7.18. The average Bonchev–Trinajstić information content (AvgIpc) is 3.38. The summed E-state index contributed by atoms with van der Waals surface area (Å²) in [6.45, 7) is 19.3. The first-order chi connectivity index (χ1) is 20.8. The molecule has 2 atom stereocenters. The maximum Gasteiger partial charge on any atom is 0.247 e. The normalized spacial score (nSPS) is 16.3. The van der Waals surface area contributed by atoms with Gasteiger partial charge in [-0.2, -0.15) is 0 Å². The quantitative estimate of drug-likeness (QED) is 0.0987. The van der Waals surface area contributed by atoms with Crippen LogP contribution in [0.4, 0.5) is 0 Å². The highest BCUT2D eigenvalue weighted by atomic mass is 32.1. The largest absolute Gasteiger partial charge is 0.499 e. The number of nitrogens with zero attached hydrogens (tertiary/aromatic N) is 5. The Morgan fingerprint density at radius 3 is 2.72 bits per heavy atom. The van der Waals surface area contributed by atoms with Gasteiger partial charge in [-0.05, 0) is 83.4 Å². The van der Waals surface area contributed by atoms with E-state index in [1.165, 1.54) is 12.5 Å². The average molecular weight is 608 g/mol. The smallest absolute Gasteiger partial charge is 0.247 e. The molecule has 43 heavy (non-hydrogen) atoms. The van der Waals surface area contributed by atoms with Crippen LogP contribution in [0.15, 0.2) is 64.1 Å². The molecule has 0 saturated carbocycles. The lowest BCUT2D eigenvalue weighted by molar-refractivity contribution is -0.115. The predicted octanol–water partition coefficient (Wildman–Crippen LogP) is 5.64. The molecule has 1 amide bonds. The fourth-order valence-electron chi connectivity index (χ4n) is 5.23. The molecule has 9 nitrogen and oxygen atoms in total. The molecule has 2 N–H and O–H groups in total. The van der Waals surface area contributed by atoms with Gasteiger partial charge >= 0.3 is 0 Å². The van der Waals surface area contributed by atoms with E-state index in [0.29, 0.717) is 6.42 Å². The molecule has 0 spiro atoms. The zero-order valence-electron chi connectivity index (χ0n) is 26.7. The van der Waals surface area contributed by atoms with Crippen molar-refractivity contribution < 1.29 is 9.53 Å². The molecule has 3 rings (SSSR count). The van der Waals surface area contributed by atoms with Crippen LogP contribution in [0.1, 0.15) is 63.9 Å². The maximum absolute atomic E-state index is 12.4.